The minimum Gasteiger partial charge on any atom is -0.465 e. The molecule has 0 aliphatic rings. The molecule has 0 saturated heterocycles. The molecule has 0 atom stereocenters. The van der Waals surface area contributed by atoms with E-state index >= 15 is 0 Å². The number of thiophene rings is 1. The Labute approximate surface area is 101 Å². The lowest BCUT2D eigenvalue weighted by atomic mass is 10.4. The average Bonchev–Trinajstić information content (AvgIpc) is 2.94. The maximum atomic E-state index is 11.3. The molecule has 3 N–H and O–H groups in total. The number of methoxy groups -OCH3 is 1. The summed E-state index contributed by atoms with van der Waals surface area (Å²) in [6.45, 7) is 0.400. The predicted molar refractivity (Wildman–Crippen MR) is 61.7 cm³/mol. The fourth-order valence-electron chi connectivity index (χ4n) is 1.18. The number of aromatic nitrogens is 2. The largest absolute Gasteiger partial charge is 0.465 e. The number of nitrogens with zero attached hydrogens (tertiary/aromatic N) is 2. The van der Waals surface area contributed by atoms with Crippen molar-refractivity contribution in [3.63, 3.8) is 0 Å². The van der Waals surface area contributed by atoms with Gasteiger partial charge in [-0.2, -0.15) is 4.98 Å². The number of esters is 1. The molecule has 0 aromatic carbocycles. The van der Waals surface area contributed by atoms with Crippen LogP contribution in [-0.2, 0) is 11.3 Å². The monoisotopic (exact) mass is 254 g/mol. The Hall–Kier alpha value is -2.09. The van der Waals surface area contributed by atoms with Crippen LogP contribution in [0.4, 0.5) is 10.7 Å². The Kier molecular flexibility index (Phi) is 3.24. The fourth-order valence-corrected chi connectivity index (χ4v) is 2.07. The van der Waals surface area contributed by atoms with Gasteiger partial charge in [-0.3, -0.25) is 0 Å². The summed E-state index contributed by atoms with van der Waals surface area (Å²) in [7, 11) is 1.31. The maximum absolute atomic E-state index is 11.3. The zero-order chi connectivity index (χ0) is 12.3. The normalized spacial score (nSPS) is 10.2. The third-order valence-corrected chi connectivity index (χ3v) is 3.05. The lowest BCUT2D eigenvalue weighted by Crippen LogP contribution is -2.01. The number of nitrogen functional groups attached to an aromatic ring is 1. The van der Waals surface area contributed by atoms with Gasteiger partial charge in [0, 0.05) is 0 Å². The molecule has 0 unspecified atom stereocenters. The molecule has 0 spiro atoms. The Morgan fingerprint density at radius 1 is 1.71 bits per heavy atom. The molecule has 0 bridgehead atoms. The smallest absolute Gasteiger partial charge is 0.350 e. The van der Waals surface area contributed by atoms with Crippen LogP contribution in [0, 0.1) is 0 Å². The second kappa shape index (κ2) is 4.83. The van der Waals surface area contributed by atoms with E-state index in [0.29, 0.717) is 22.9 Å². The molecule has 0 fully saturated rings. The second-order valence-corrected chi connectivity index (χ2v) is 4.14. The van der Waals surface area contributed by atoms with Gasteiger partial charge < -0.3 is 20.3 Å². The predicted octanol–water partition coefficient (Wildman–Crippen LogP) is 1.11. The maximum Gasteiger partial charge on any atom is 0.350 e. The first-order chi connectivity index (χ1) is 8.20. The van der Waals surface area contributed by atoms with Crippen LogP contribution >= 0.6 is 11.3 Å². The van der Waals surface area contributed by atoms with Crippen molar-refractivity contribution in [2.24, 2.45) is 0 Å². The highest BCUT2D eigenvalue weighted by molar-refractivity contribution is 7.18. The molecule has 90 valence electrons. The molecular weight excluding hydrogens is 244 g/mol. The minimum atomic E-state index is -0.444. The number of hydrogen-bond donors (Lipinski definition) is 2. The summed E-state index contributed by atoms with van der Waals surface area (Å²) >= 11 is 1.22. The van der Waals surface area contributed by atoms with E-state index in [1.165, 1.54) is 24.8 Å². The quantitative estimate of drug-likeness (QED) is 0.787. The third-order valence-electron chi connectivity index (χ3n) is 1.96. The van der Waals surface area contributed by atoms with Crippen molar-refractivity contribution in [2.75, 3.05) is 18.2 Å². The zero-order valence-electron chi connectivity index (χ0n) is 8.97. The van der Waals surface area contributed by atoms with Crippen LogP contribution in [-0.4, -0.2) is 23.2 Å². The summed E-state index contributed by atoms with van der Waals surface area (Å²) in [4.78, 5) is 15.6. The minimum absolute atomic E-state index is 0.378. The van der Waals surface area contributed by atoms with Crippen molar-refractivity contribution >= 4 is 28.0 Å². The number of hydrogen-bond acceptors (Lipinski definition) is 8. The van der Waals surface area contributed by atoms with Crippen LogP contribution < -0.4 is 11.1 Å². The molecule has 17 heavy (non-hydrogen) atoms. The highest BCUT2D eigenvalue weighted by Crippen LogP contribution is 2.29. The summed E-state index contributed by atoms with van der Waals surface area (Å²) in [5.41, 5.74) is 6.07. The number of carbonyl (C=O) groups excluding carboxylic acids is 1. The van der Waals surface area contributed by atoms with Gasteiger partial charge >= 0.3 is 5.97 Å². The standard InChI is InChI=1S/C9H10N4O3S/c1-15-9(14)8-5(10)2-7(17-8)11-3-6-12-4-16-13-6/h2,4,11H,3,10H2,1H3. The zero-order valence-corrected chi connectivity index (χ0v) is 9.78. The van der Waals surface area contributed by atoms with Crippen molar-refractivity contribution in [1.29, 1.82) is 0 Å². The lowest BCUT2D eigenvalue weighted by Gasteiger charge is -1.97. The average molecular weight is 254 g/mol. The molecule has 2 aromatic rings. The van der Waals surface area contributed by atoms with E-state index in [1.807, 2.05) is 0 Å². The van der Waals surface area contributed by atoms with Gasteiger partial charge in [-0.1, -0.05) is 5.16 Å². The fraction of sp³-hybridized carbons (Fsp3) is 0.222. The molecule has 7 nitrogen and oxygen atoms in total. The molecule has 2 aromatic heterocycles. The van der Waals surface area contributed by atoms with Crippen LogP contribution in [0.25, 0.3) is 0 Å². The first-order valence-corrected chi connectivity index (χ1v) is 5.49. The van der Waals surface area contributed by atoms with Gasteiger partial charge in [0.2, 0.25) is 6.39 Å². The molecule has 0 saturated carbocycles. The Balaban J connectivity index is 2.05. The van der Waals surface area contributed by atoms with E-state index in [0.717, 1.165) is 5.00 Å². The molecule has 0 amide bonds. The Morgan fingerprint density at radius 3 is 3.18 bits per heavy atom. The number of ether oxygens (including phenoxy) is 1. The van der Waals surface area contributed by atoms with Crippen molar-refractivity contribution < 1.29 is 14.1 Å². The van der Waals surface area contributed by atoms with Crippen molar-refractivity contribution in [3.05, 3.63) is 23.2 Å². The highest BCUT2D eigenvalue weighted by Gasteiger charge is 2.14. The lowest BCUT2D eigenvalue weighted by molar-refractivity contribution is 0.0607. The van der Waals surface area contributed by atoms with E-state index in [-0.39, 0.29) is 0 Å². The summed E-state index contributed by atoms with van der Waals surface area (Å²) in [6, 6.07) is 1.66. The van der Waals surface area contributed by atoms with Crippen molar-refractivity contribution in [3.8, 4) is 0 Å². The van der Waals surface area contributed by atoms with Crippen molar-refractivity contribution in [2.45, 2.75) is 6.54 Å². The van der Waals surface area contributed by atoms with Crippen LogP contribution in [0.15, 0.2) is 17.0 Å². The Bertz CT molecular complexity index is 508. The summed E-state index contributed by atoms with van der Waals surface area (Å²) in [6.07, 6.45) is 1.25. The highest BCUT2D eigenvalue weighted by atomic mass is 32.1. The first kappa shape index (κ1) is 11.4. The van der Waals surface area contributed by atoms with Gasteiger partial charge in [0.15, 0.2) is 5.82 Å². The number of carbonyl (C=O) groups is 1. The van der Waals surface area contributed by atoms with E-state index in [9.17, 15) is 4.79 Å². The molecule has 2 heterocycles. The summed E-state index contributed by atoms with van der Waals surface area (Å²) in [5, 5.41) is 7.42. The van der Waals surface area contributed by atoms with Crippen LogP contribution in [0.2, 0.25) is 0 Å². The third kappa shape index (κ3) is 2.53. The van der Waals surface area contributed by atoms with E-state index in [1.54, 1.807) is 6.07 Å². The summed E-state index contributed by atoms with van der Waals surface area (Å²) < 4.78 is 9.20. The van der Waals surface area contributed by atoms with E-state index < -0.39 is 5.97 Å². The van der Waals surface area contributed by atoms with E-state index in [2.05, 4.69) is 24.7 Å². The molecule has 0 aliphatic heterocycles. The van der Waals surface area contributed by atoms with Gasteiger partial charge in [0.05, 0.1) is 24.3 Å². The van der Waals surface area contributed by atoms with Crippen LogP contribution in [0.3, 0.4) is 0 Å². The van der Waals surface area contributed by atoms with Gasteiger partial charge in [-0.05, 0) is 6.07 Å². The molecule has 0 radical (unpaired) electrons. The topological polar surface area (TPSA) is 103 Å². The molecule has 8 heteroatoms. The van der Waals surface area contributed by atoms with Crippen molar-refractivity contribution in [1.82, 2.24) is 10.1 Å². The Morgan fingerprint density at radius 2 is 2.53 bits per heavy atom. The van der Waals surface area contributed by atoms with Crippen LogP contribution in [0.5, 0.6) is 0 Å². The summed E-state index contributed by atoms with van der Waals surface area (Å²) in [5.74, 6) is 0.0803. The van der Waals surface area contributed by atoms with Gasteiger partial charge in [-0.15, -0.1) is 11.3 Å². The van der Waals surface area contributed by atoms with E-state index in [4.69, 9.17) is 5.73 Å². The molecular formula is C9H10N4O3S. The number of anilines is 2. The number of rotatable bonds is 4. The number of nitrogens with one attached hydrogen (secondary N) is 1. The van der Waals surface area contributed by atoms with Gasteiger partial charge in [0.25, 0.3) is 0 Å². The first-order valence-electron chi connectivity index (χ1n) is 4.67. The number of nitrogens with two attached hydrogens (primary N) is 1. The molecule has 0 aliphatic carbocycles. The van der Waals surface area contributed by atoms with Gasteiger partial charge in [0.1, 0.15) is 4.88 Å². The molecule has 2 rings (SSSR count). The van der Waals surface area contributed by atoms with Gasteiger partial charge in [-0.25, -0.2) is 4.79 Å². The second-order valence-electron chi connectivity index (χ2n) is 3.09. The SMILES string of the molecule is COC(=O)c1sc(NCc2ncon2)cc1N. The van der Waals surface area contributed by atoms with Crippen LogP contribution in [0.1, 0.15) is 15.5 Å².